The highest BCUT2D eigenvalue weighted by molar-refractivity contribution is 6.72. The summed E-state index contributed by atoms with van der Waals surface area (Å²) in [6.07, 6.45) is 12.1. The zero-order valence-electron chi connectivity index (χ0n) is 19.5. The van der Waals surface area contributed by atoms with Crippen molar-refractivity contribution in [3.63, 3.8) is 0 Å². The molecule has 0 aromatic rings. The highest BCUT2D eigenvalue weighted by atomic mass is 28.4. The van der Waals surface area contributed by atoms with Crippen LogP contribution in [0, 0.1) is 5.41 Å². The lowest BCUT2D eigenvalue weighted by atomic mass is 9.78. The Kier molecular flexibility index (Phi) is 14.2. The molecule has 0 aliphatic heterocycles. The summed E-state index contributed by atoms with van der Waals surface area (Å²) in [5, 5.41) is 0. The van der Waals surface area contributed by atoms with Crippen LogP contribution in [0.5, 0.6) is 0 Å². The molecule has 0 spiro atoms. The summed E-state index contributed by atoms with van der Waals surface area (Å²) in [6.45, 7) is 9.63. The molecule has 0 aliphatic rings. The molecule has 1 unspecified atom stereocenters. The molecule has 0 saturated heterocycles. The molecule has 0 heterocycles. The van der Waals surface area contributed by atoms with Gasteiger partial charge in [-0.2, -0.15) is 0 Å². The van der Waals surface area contributed by atoms with Gasteiger partial charge in [0.15, 0.2) is 8.32 Å². The van der Waals surface area contributed by atoms with Gasteiger partial charge >= 0.3 is 0 Å². The molecule has 4 heteroatoms. The standard InChI is InChI=1S/C22H50N2OSi/c1-9-11-12-13-20-26(8,25-7)21-22(10-2,16-14-18-23(3)4)17-15-19-24(5)6/h9-21H2,1-8H3. The monoisotopic (exact) mass is 386 g/mol. The molecule has 3 nitrogen and oxygen atoms in total. The maximum atomic E-state index is 6.25. The Morgan fingerprint density at radius 3 is 1.73 bits per heavy atom. The molecule has 0 amide bonds. The van der Waals surface area contributed by atoms with Gasteiger partial charge in [-0.1, -0.05) is 46.0 Å². The van der Waals surface area contributed by atoms with E-state index in [1.807, 2.05) is 7.11 Å². The number of unbranched alkanes of at least 4 members (excludes halogenated alkanes) is 3. The van der Waals surface area contributed by atoms with E-state index in [2.05, 4.69) is 58.4 Å². The maximum absolute atomic E-state index is 6.25. The molecule has 0 radical (unpaired) electrons. The first-order chi connectivity index (χ1) is 12.2. The summed E-state index contributed by atoms with van der Waals surface area (Å²) >= 11 is 0. The third kappa shape index (κ3) is 11.7. The number of hydrogen-bond acceptors (Lipinski definition) is 3. The van der Waals surface area contributed by atoms with Crippen LogP contribution in [0.4, 0.5) is 0 Å². The zero-order chi connectivity index (χ0) is 20.1. The lowest BCUT2D eigenvalue weighted by Crippen LogP contribution is -2.40. The molecule has 0 aliphatic carbocycles. The predicted octanol–water partition coefficient (Wildman–Crippen LogP) is 5.87. The smallest absolute Gasteiger partial charge is 0.189 e. The van der Waals surface area contributed by atoms with Crippen molar-refractivity contribution in [2.24, 2.45) is 5.41 Å². The van der Waals surface area contributed by atoms with Gasteiger partial charge in [0.25, 0.3) is 0 Å². The van der Waals surface area contributed by atoms with Crippen molar-refractivity contribution in [1.82, 2.24) is 9.80 Å². The Morgan fingerprint density at radius 2 is 1.35 bits per heavy atom. The van der Waals surface area contributed by atoms with E-state index in [9.17, 15) is 0 Å². The first-order valence-electron chi connectivity index (χ1n) is 11.1. The summed E-state index contributed by atoms with van der Waals surface area (Å²) in [4.78, 5) is 4.66. The summed E-state index contributed by atoms with van der Waals surface area (Å²) in [6, 6.07) is 2.69. The molecule has 0 rings (SSSR count). The molecule has 1 atom stereocenters. The number of hydrogen-bond donors (Lipinski definition) is 0. The minimum atomic E-state index is -1.61. The van der Waals surface area contributed by atoms with Crippen molar-refractivity contribution >= 4 is 8.32 Å². The summed E-state index contributed by atoms with van der Waals surface area (Å²) < 4.78 is 6.25. The molecular weight excluding hydrogens is 336 g/mol. The van der Waals surface area contributed by atoms with Gasteiger partial charge in [0.1, 0.15) is 0 Å². The van der Waals surface area contributed by atoms with E-state index in [1.165, 1.54) is 83.0 Å². The second kappa shape index (κ2) is 14.1. The van der Waals surface area contributed by atoms with E-state index < -0.39 is 8.32 Å². The van der Waals surface area contributed by atoms with Gasteiger partial charge in [0.2, 0.25) is 0 Å². The molecule has 0 bridgehead atoms. The first kappa shape index (κ1) is 26.1. The van der Waals surface area contributed by atoms with Crippen molar-refractivity contribution in [3.8, 4) is 0 Å². The van der Waals surface area contributed by atoms with Crippen LogP contribution in [0.1, 0.15) is 71.6 Å². The van der Waals surface area contributed by atoms with Crippen LogP contribution in [-0.4, -0.2) is 66.5 Å². The topological polar surface area (TPSA) is 15.7 Å². The van der Waals surface area contributed by atoms with Crippen LogP contribution in [0.15, 0.2) is 0 Å². The molecule has 0 saturated carbocycles. The summed E-state index contributed by atoms with van der Waals surface area (Å²) in [7, 11) is 9.16. The molecule has 0 N–H and O–H groups in total. The summed E-state index contributed by atoms with van der Waals surface area (Å²) in [5.41, 5.74) is 0.480. The van der Waals surface area contributed by atoms with E-state index in [4.69, 9.17) is 4.43 Å². The first-order valence-corrected chi connectivity index (χ1v) is 13.9. The average molecular weight is 387 g/mol. The second-order valence-electron chi connectivity index (χ2n) is 9.31. The normalized spacial score (nSPS) is 15.0. The van der Waals surface area contributed by atoms with Gasteiger partial charge in [0, 0.05) is 7.11 Å². The fraction of sp³-hybridized carbons (Fsp3) is 1.00. The van der Waals surface area contributed by atoms with Crippen LogP contribution in [-0.2, 0) is 4.43 Å². The van der Waals surface area contributed by atoms with Gasteiger partial charge in [-0.05, 0) is 91.0 Å². The number of rotatable bonds is 17. The summed E-state index contributed by atoms with van der Waals surface area (Å²) in [5.74, 6) is 0. The third-order valence-electron chi connectivity index (χ3n) is 6.18. The minimum Gasteiger partial charge on any atom is -0.420 e. The van der Waals surface area contributed by atoms with Gasteiger partial charge in [-0.3, -0.25) is 0 Å². The fourth-order valence-corrected chi connectivity index (χ4v) is 8.02. The Morgan fingerprint density at radius 1 is 0.808 bits per heavy atom. The molecule has 0 aromatic heterocycles. The second-order valence-corrected chi connectivity index (χ2v) is 13.5. The van der Waals surface area contributed by atoms with Crippen LogP contribution in [0.25, 0.3) is 0 Å². The Hall–Kier alpha value is 0.0969. The van der Waals surface area contributed by atoms with E-state index in [-0.39, 0.29) is 0 Å². The quantitative estimate of drug-likeness (QED) is 0.230. The third-order valence-corrected chi connectivity index (χ3v) is 10.1. The van der Waals surface area contributed by atoms with Crippen molar-refractivity contribution in [2.45, 2.75) is 90.3 Å². The molecule has 26 heavy (non-hydrogen) atoms. The van der Waals surface area contributed by atoms with E-state index >= 15 is 0 Å². The Labute approximate surface area is 167 Å². The van der Waals surface area contributed by atoms with Gasteiger partial charge in [-0.15, -0.1) is 0 Å². The SMILES string of the molecule is CCCCCC[Si](C)(CC(CC)(CCCN(C)C)CCCN(C)C)OC. The molecule has 0 aromatic carbocycles. The molecular formula is C22H50N2OSi. The highest BCUT2D eigenvalue weighted by Crippen LogP contribution is 2.43. The van der Waals surface area contributed by atoms with Crippen LogP contribution in [0.2, 0.25) is 18.6 Å². The lowest BCUT2D eigenvalue weighted by molar-refractivity contribution is 0.210. The maximum Gasteiger partial charge on any atom is 0.189 e. The van der Waals surface area contributed by atoms with Crippen molar-refractivity contribution in [2.75, 3.05) is 48.4 Å². The highest BCUT2D eigenvalue weighted by Gasteiger charge is 2.38. The minimum absolute atomic E-state index is 0.480. The Balaban J connectivity index is 4.98. The van der Waals surface area contributed by atoms with Gasteiger partial charge in [-0.25, -0.2) is 0 Å². The van der Waals surface area contributed by atoms with Crippen molar-refractivity contribution < 1.29 is 4.43 Å². The predicted molar refractivity (Wildman–Crippen MR) is 121 cm³/mol. The van der Waals surface area contributed by atoms with E-state index in [1.54, 1.807) is 0 Å². The van der Waals surface area contributed by atoms with E-state index in [0.717, 1.165) is 0 Å². The molecule has 158 valence electrons. The fourth-order valence-electron chi connectivity index (χ4n) is 4.30. The number of nitrogens with zero attached hydrogens (tertiary/aromatic N) is 2. The van der Waals surface area contributed by atoms with E-state index in [0.29, 0.717) is 5.41 Å². The van der Waals surface area contributed by atoms with Gasteiger partial charge in [0.05, 0.1) is 0 Å². The zero-order valence-corrected chi connectivity index (χ0v) is 20.5. The van der Waals surface area contributed by atoms with Crippen molar-refractivity contribution in [3.05, 3.63) is 0 Å². The van der Waals surface area contributed by atoms with Crippen LogP contribution < -0.4 is 0 Å². The largest absolute Gasteiger partial charge is 0.420 e. The average Bonchev–Trinajstić information content (AvgIpc) is 2.58. The van der Waals surface area contributed by atoms with Crippen LogP contribution in [0.3, 0.4) is 0 Å². The lowest BCUT2D eigenvalue weighted by Gasteiger charge is -2.40. The van der Waals surface area contributed by atoms with Crippen molar-refractivity contribution in [1.29, 1.82) is 0 Å². The molecule has 0 fully saturated rings. The van der Waals surface area contributed by atoms with Gasteiger partial charge < -0.3 is 14.2 Å². The Bertz CT molecular complexity index is 322. The van der Waals surface area contributed by atoms with Crippen LogP contribution >= 0.6 is 0 Å².